The first kappa shape index (κ1) is 32.8. The fourth-order valence-electron chi connectivity index (χ4n) is 4.58. The molecule has 0 spiro atoms. The summed E-state index contributed by atoms with van der Waals surface area (Å²) in [6, 6.07) is 14.1. The van der Waals surface area contributed by atoms with Gasteiger partial charge in [0.15, 0.2) is 0 Å². The van der Waals surface area contributed by atoms with E-state index in [1.807, 2.05) is 0 Å². The largest absolute Gasteiger partial charge is 0.397 e. The average molecular weight is 568 g/mol. The number of halogens is 3. The van der Waals surface area contributed by atoms with Crippen molar-refractivity contribution in [3.05, 3.63) is 60.2 Å². The monoisotopic (exact) mass is 567 g/mol. The van der Waals surface area contributed by atoms with Gasteiger partial charge in [-0.2, -0.15) is 18.3 Å². The van der Waals surface area contributed by atoms with Crippen LogP contribution in [0.15, 0.2) is 64.6 Å². The summed E-state index contributed by atoms with van der Waals surface area (Å²) in [5, 5.41) is 9.33. The van der Waals surface area contributed by atoms with Crippen LogP contribution in [0.5, 0.6) is 0 Å². The fourth-order valence-corrected chi connectivity index (χ4v) is 5.10. The number of unbranched alkanes of at least 4 members (excludes halogenated alkanes) is 11. The van der Waals surface area contributed by atoms with Gasteiger partial charge in [0.05, 0.1) is 22.2 Å². The molecule has 1 atom stereocenters. The van der Waals surface area contributed by atoms with E-state index in [2.05, 4.69) is 17.5 Å². The van der Waals surface area contributed by atoms with Crippen LogP contribution in [0.3, 0.4) is 0 Å². The molecule has 0 heterocycles. The van der Waals surface area contributed by atoms with Crippen molar-refractivity contribution in [2.24, 2.45) is 16.2 Å². The second-order valence-corrected chi connectivity index (χ2v) is 11.8. The average Bonchev–Trinajstić information content (AvgIpc) is 2.89. The molecular formula is C30H44F3N3O2S. The predicted octanol–water partition coefficient (Wildman–Crippen LogP) is 8.61. The third-order valence-electron chi connectivity index (χ3n) is 6.88. The molecule has 3 N–H and O–H groups in total. The number of nitrogens with zero attached hydrogens (tertiary/aromatic N) is 1. The maximum atomic E-state index is 14.2. The van der Waals surface area contributed by atoms with Gasteiger partial charge in [0.25, 0.3) is 0 Å². The molecule has 0 aliphatic carbocycles. The molecule has 0 aliphatic heterocycles. The predicted molar refractivity (Wildman–Crippen MR) is 154 cm³/mol. The molecule has 1 unspecified atom stereocenters. The lowest BCUT2D eigenvalue weighted by molar-refractivity contribution is -0.155. The number of rotatable bonds is 19. The van der Waals surface area contributed by atoms with Crippen LogP contribution in [0.4, 0.5) is 18.9 Å². The Balaban J connectivity index is 1.98. The molecule has 2 aromatic carbocycles. The van der Waals surface area contributed by atoms with E-state index in [0.29, 0.717) is 17.7 Å². The first-order chi connectivity index (χ1) is 18.6. The number of hydrogen-bond acceptors (Lipinski definition) is 4. The summed E-state index contributed by atoms with van der Waals surface area (Å²) in [4.78, 5) is -0.0778. The topological polar surface area (TPSA) is 84.5 Å². The van der Waals surface area contributed by atoms with Crippen LogP contribution in [0.1, 0.15) is 96.0 Å². The van der Waals surface area contributed by atoms with Gasteiger partial charge in [0.2, 0.25) is 10.0 Å². The molecule has 0 aromatic heterocycles. The van der Waals surface area contributed by atoms with Crippen LogP contribution in [-0.4, -0.2) is 20.3 Å². The van der Waals surface area contributed by atoms with E-state index in [0.717, 1.165) is 19.3 Å². The molecule has 9 heteroatoms. The number of nitrogens with two attached hydrogens (primary N) is 1. The van der Waals surface area contributed by atoms with E-state index >= 15 is 0 Å². The van der Waals surface area contributed by atoms with Crippen LogP contribution in [0.25, 0.3) is 0 Å². The fraction of sp³-hybridized carbons (Fsp3) is 0.567. The standard InChI is InChI=1S/C30H44F3N3O2S/c1-2-3-4-5-6-7-8-9-10-11-12-16-19-29(28(30(31,32)33)24-25-17-14-13-15-18-25)36-35-26-20-22-27(23-21-26)39(34,37)38/h13-15,17-18,20-23,28,35H,2-12,16,19,24H2,1H3,(H2,34,37,38). The number of anilines is 1. The molecular weight excluding hydrogens is 523 g/mol. The smallest absolute Gasteiger partial charge is 0.279 e. The van der Waals surface area contributed by atoms with Gasteiger partial charge in [-0.25, -0.2) is 13.6 Å². The van der Waals surface area contributed by atoms with Gasteiger partial charge in [-0.1, -0.05) is 108 Å². The minimum atomic E-state index is -4.45. The van der Waals surface area contributed by atoms with E-state index in [9.17, 15) is 21.6 Å². The summed E-state index contributed by atoms with van der Waals surface area (Å²) >= 11 is 0. The molecule has 0 saturated heterocycles. The van der Waals surface area contributed by atoms with Crippen molar-refractivity contribution >= 4 is 21.4 Å². The number of hydrogen-bond donors (Lipinski definition) is 2. The van der Waals surface area contributed by atoms with Crippen molar-refractivity contribution in [1.82, 2.24) is 0 Å². The highest BCUT2D eigenvalue weighted by atomic mass is 32.2. The highest BCUT2D eigenvalue weighted by Gasteiger charge is 2.42. The Labute approximate surface area is 232 Å². The molecule has 5 nitrogen and oxygen atoms in total. The first-order valence-corrected chi connectivity index (χ1v) is 15.7. The first-order valence-electron chi connectivity index (χ1n) is 14.2. The molecule has 2 aromatic rings. The molecule has 0 amide bonds. The molecule has 0 saturated carbocycles. The zero-order chi connectivity index (χ0) is 28.6. The molecule has 39 heavy (non-hydrogen) atoms. The molecule has 218 valence electrons. The second-order valence-electron chi connectivity index (χ2n) is 10.2. The van der Waals surface area contributed by atoms with Crippen LogP contribution in [0.2, 0.25) is 0 Å². The van der Waals surface area contributed by atoms with Gasteiger partial charge in [0.1, 0.15) is 0 Å². The zero-order valence-corrected chi connectivity index (χ0v) is 23.9. The van der Waals surface area contributed by atoms with Gasteiger partial charge >= 0.3 is 6.18 Å². The third-order valence-corrected chi connectivity index (χ3v) is 7.81. The lowest BCUT2D eigenvalue weighted by atomic mass is 9.91. The Morgan fingerprint density at radius 2 is 1.33 bits per heavy atom. The van der Waals surface area contributed by atoms with Crippen molar-refractivity contribution in [3.8, 4) is 0 Å². The third kappa shape index (κ3) is 13.5. The van der Waals surface area contributed by atoms with Crippen LogP contribution in [0, 0.1) is 5.92 Å². The zero-order valence-electron chi connectivity index (χ0n) is 23.1. The lowest BCUT2D eigenvalue weighted by Gasteiger charge is -2.23. The van der Waals surface area contributed by atoms with Crippen molar-refractivity contribution in [2.45, 2.75) is 108 Å². The van der Waals surface area contributed by atoms with Crippen molar-refractivity contribution in [2.75, 3.05) is 5.43 Å². The normalized spacial score (nSPS) is 13.4. The summed E-state index contributed by atoms with van der Waals surface area (Å²) in [6.07, 6.45) is 9.32. The highest BCUT2D eigenvalue weighted by molar-refractivity contribution is 7.89. The molecule has 0 radical (unpaired) electrons. The maximum Gasteiger partial charge on any atom is 0.397 e. The van der Waals surface area contributed by atoms with E-state index in [4.69, 9.17) is 5.14 Å². The number of sulfonamides is 1. The van der Waals surface area contributed by atoms with Gasteiger partial charge < -0.3 is 0 Å². The van der Waals surface area contributed by atoms with Gasteiger partial charge in [-0.05, 0) is 49.1 Å². The molecule has 2 rings (SSSR count). The van der Waals surface area contributed by atoms with Gasteiger partial charge in [-0.15, -0.1) is 0 Å². The maximum absolute atomic E-state index is 14.2. The van der Waals surface area contributed by atoms with E-state index in [1.165, 1.54) is 75.6 Å². The molecule has 0 bridgehead atoms. The van der Waals surface area contributed by atoms with Crippen molar-refractivity contribution in [1.29, 1.82) is 0 Å². The Hall–Kier alpha value is -2.39. The van der Waals surface area contributed by atoms with Gasteiger partial charge in [-0.3, -0.25) is 5.43 Å². The Morgan fingerprint density at radius 1 is 0.821 bits per heavy atom. The SMILES string of the molecule is CCCCCCCCCCCCCCC(=NNc1ccc(S(N)(=O)=O)cc1)C(Cc1ccccc1)C(F)(F)F. The summed E-state index contributed by atoms with van der Waals surface area (Å²) in [6.45, 7) is 2.22. The van der Waals surface area contributed by atoms with Crippen molar-refractivity contribution in [3.63, 3.8) is 0 Å². The summed E-state index contributed by atoms with van der Waals surface area (Å²) < 4.78 is 65.6. The van der Waals surface area contributed by atoms with Crippen molar-refractivity contribution < 1.29 is 21.6 Å². The quantitative estimate of drug-likeness (QED) is 0.101. The number of alkyl halides is 3. The Morgan fingerprint density at radius 3 is 1.82 bits per heavy atom. The number of hydrazone groups is 1. The van der Waals surface area contributed by atoms with Crippen LogP contribution >= 0.6 is 0 Å². The van der Waals surface area contributed by atoms with E-state index in [-0.39, 0.29) is 23.4 Å². The van der Waals surface area contributed by atoms with Crippen LogP contribution in [-0.2, 0) is 16.4 Å². The molecule has 0 fully saturated rings. The highest BCUT2D eigenvalue weighted by Crippen LogP contribution is 2.32. The van der Waals surface area contributed by atoms with E-state index < -0.39 is 22.1 Å². The second kappa shape index (κ2) is 17.3. The van der Waals surface area contributed by atoms with Gasteiger partial charge in [0, 0.05) is 0 Å². The lowest BCUT2D eigenvalue weighted by Crippen LogP contribution is -2.33. The Kier molecular flexibility index (Phi) is 14.6. The summed E-state index contributed by atoms with van der Waals surface area (Å²) in [5.41, 5.74) is 3.74. The molecule has 0 aliphatic rings. The number of benzene rings is 2. The Bertz CT molecular complexity index is 1070. The summed E-state index contributed by atoms with van der Waals surface area (Å²) in [7, 11) is -3.86. The number of nitrogens with one attached hydrogen (secondary N) is 1. The van der Waals surface area contributed by atoms with Crippen LogP contribution < -0.4 is 10.6 Å². The minimum Gasteiger partial charge on any atom is -0.279 e. The van der Waals surface area contributed by atoms with E-state index in [1.54, 1.807) is 30.3 Å². The summed E-state index contributed by atoms with van der Waals surface area (Å²) in [5.74, 6) is -1.72. The minimum absolute atomic E-state index is 0.0500. The number of primary sulfonamides is 1.